The normalized spacial score (nSPS) is 14.4. The number of rotatable bonds is 5. The minimum atomic E-state index is -0.452. The predicted octanol–water partition coefficient (Wildman–Crippen LogP) is 3.79. The number of halogens is 1. The third-order valence-electron chi connectivity index (χ3n) is 2.84. The van der Waals surface area contributed by atoms with E-state index in [1.54, 1.807) is 11.3 Å². The van der Waals surface area contributed by atoms with Crippen molar-refractivity contribution in [1.29, 1.82) is 0 Å². The summed E-state index contributed by atoms with van der Waals surface area (Å²) in [6.07, 6.45) is -0.452. The van der Waals surface area contributed by atoms with Crippen molar-refractivity contribution >= 4 is 22.9 Å². The van der Waals surface area contributed by atoms with E-state index in [-0.39, 0.29) is 6.04 Å². The van der Waals surface area contributed by atoms with Gasteiger partial charge in [-0.2, -0.15) is 0 Å². The molecular formula is C14H16ClNOS. The molecule has 4 heteroatoms. The van der Waals surface area contributed by atoms with Gasteiger partial charge < -0.3 is 10.4 Å². The van der Waals surface area contributed by atoms with E-state index in [4.69, 9.17) is 11.6 Å². The van der Waals surface area contributed by atoms with E-state index in [2.05, 4.69) is 12.2 Å². The Morgan fingerprint density at radius 2 is 2.17 bits per heavy atom. The lowest BCUT2D eigenvalue weighted by Gasteiger charge is -2.17. The zero-order valence-electron chi connectivity index (χ0n) is 10.1. The maximum Gasteiger partial charge on any atom is 0.101 e. The molecule has 0 bridgehead atoms. The van der Waals surface area contributed by atoms with Crippen LogP contribution in [0.25, 0.3) is 0 Å². The van der Waals surface area contributed by atoms with Crippen LogP contribution in [0.2, 0.25) is 5.02 Å². The largest absolute Gasteiger partial charge is 0.386 e. The Hall–Kier alpha value is -0.870. The monoisotopic (exact) mass is 281 g/mol. The molecule has 0 spiro atoms. The van der Waals surface area contributed by atoms with E-state index in [1.807, 2.05) is 41.8 Å². The summed E-state index contributed by atoms with van der Waals surface area (Å²) in [5.41, 5.74) is 1.13. The molecule has 0 amide bonds. The maximum absolute atomic E-state index is 9.98. The second-order valence-corrected chi connectivity index (χ2v) is 5.63. The van der Waals surface area contributed by atoms with Crippen LogP contribution in [0.4, 0.5) is 0 Å². The van der Waals surface area contributed by atoms with Crippen LogP contribution < -0.4 is 5.32 Å². The van der Waals surface area contributed by atoms with Crippen LogP contribution in [-0.2, 0) is 0 Å². The van der Waals surface area contributed by atoms with Crippen molar-refractivity contribution in [2.24, 2.45) is 0 Å². The van der Waals surface area contributed by atoms with Crippen LogP contribution in [0.3, 0.4) is 0 Å². The minimum Gasteiger partial charge on any atom is -0.386 e. The fraction of sp³-hybridized carbons (Fsp3) is 0.286. The fourth-order valence-corrected chi connectivity index (χ4v) is 2.67. The van der Waals surface area contributed by atoms with E-state index in [9.17, 15) is 5.11 Å². The Morgan fingerprint density at radius 3 is 2.83 bits per heavy atom. The molecule has 1 aromatic heterocycles. The fourth-order valence-electron chi connectivity index (χ4n) is 1.76. The standard InChI is InChI=1S/C14H16ClNOS/c1-10(11-4-2-5-12(15)8-11)16-9-13(17)14-6-3-7-18-14/h2-8,10,13,16-17H,9H2,1H3. The highest BCUT2D eigenvalue weighted by molar-refractivity contribution is 7.10. The highest BCUT2D eigenvalue weighted by Gasteiger charge is 2.11. The molecule has 2 unspecified atom stereocenters. The van der Waals surface area contributed by atoms with Crippen LogP contribution in [-0.4, -0.2) is 11.7 Å². The summed E-state index contributed by atoms with van der Waals surface area (Å²) in [5, 5.41) is 16.0. The number of nitrogens with one attached hydrogen (secondary N) is 1. The van der Waals surface area contributed by atoms with Gasteiger partial charge in [-0.05, 0) is 36.1 Å². The number of aliphatic hydroxyl groups is 1. The summed E-state index contributed by atoms with van der Waals surface area (Å²) in [7, 11) is 0. The van der Waals surface area contributed by atoms with Gasteiger partial charge in [0.1, 0.15) is 6.10 Å². The molecule has 0 radical (unpaired) electrons. The van der Waals surface area contributed by atoms with Crippen LogP contribution in [0.15, 0.2) is 41.8 Å². The van der Waals surface area contributed by atoms with Crippen molar-refractivity contribution in [2.75, 3.05) is 6.54 Å². The molecule has 1 aromatic carbocycles. The molecule has 0 saturated heterocycles. The van der Waals surface area contributed by atoms with Gasteiger partial charge in [0, 0.05) is 22.5 Å². The topological polar surface area (TPSA) is 32.3 Å². The highest BCUT2D eigenvalue weighted by atomic mass is 35.5. The van der Waals surface area contributed by atoms with Crippen molar-refractivity contribution in [3.63, 3.8) is 0 Å². The molecule has 2 atom stereocenters. The van der Waals surface area contributed by atoms with Crippen LogP contribution >= 0.6 is 22.9 Å². The number of hydrogen-bond donors (Lipinski definition) is 2. The van der Waals surface area contributed by atoms with Crippen molar-refractivity contribution in [3.8, 4) is 0 Å². The summed E-state index contributed by atoms with van der Waals surface area (Å²) >= 11 is 7.53. The quantitative estimate of drug-likeness (QED) is 0.874. The molecule has 1 heterocycles. The summed E-state index contributed by atoms with van der Waals surface area (Å²) < 4.78 is 0. The third-order valence-corrected chi connectivity index (χ3v) is 4.05. The lowest BCUT2D eigenvalue weighted by Crippen LogP contribution is -2.24. The summed E-state index contributed by atoms with van der Waals surface area (Å²) in [5.74, 6) is 0. The molecule has 96 valence electrons. The first kappa shape index (κ1) is 13.6. The second kappa shape index (κ2) is 6.34. The van der Waals surface area contributed by atoms with Gasteiger partial charge in [0.2, 0.25) is 0 Å². The molecule has 0 saturated carbocycles. The average Bonchev–Trinajstić information content (AvgIpc) is 2.89. The predicted molar refractivity (Wildman–Crippen MR) is 77.1 cm³/mol. The van der Waals surface area contributed by atoms with Crippen molar-refractivity contribution < 1.29 is 5.11 Å². The second-order valence-electron chi connectivity index (χ2n) is 4.22. The van der Waals surface area contributed by atoms with E-state index in [0.717, 1.165) is 15.5 Å². The average molecular weight is 282 g/mol. The summed E-state index contributed by atoms with van der Waals surface area (Å²) in [6.45, 7) is 2.60. The Labute approximate surface area is 116 Å². The number of benzene rings is 1. The van der Waals surface area contributed by atoms with Gasteiger partial charge in [-0.15, -0.1) is 11.3 Å². The SMILES string of the molecule is CC(NCC(O)c1cccs1)c1cccc(Cl)c1. The zero-order chi connectivity index (χ0) is 13.0. The molecule has 0 fully saturated rings. The number of aliphatic hydroxyl groups excluding tert-OH is 1. The smallest absolute Gasteiger partial charge is 0.101 e. The molecule has 0 aliphatic carbocycles. The third kappa shape index (κ3) is 3.56. The highest BCUT2D eigenvalue weighted by Crippen LogP contribution is 2.20. The van der Waals surface area contributed by atoms with E-state index >= 15 is 0 Å². The molecule has 2 rings (SSSR count). The molecule has 2 nitrogen and oxygen atoms in total. The van der Waals surface area contributed by atoms with E-state index in [1.165, 1.54) is 0 Å². The van der Waals surface area contributed by atoms with Gasteiger partial charge >= 0.3 is 0 Å². The Kier molecular flexibility index (Phi) is 4.78. The maximum atomic E-state index is 9.98. The molecule has 18 heavy (non-hydrogen) atoms. The number of thiophene rings is 1. The lowest BCUT2D eigenvalue weighted by atomic mass is 10.1. The summed E-state index contributed by atoms with van der Waals surface area (Å²) in [6, 6.07) is 11.8. The van der Waals surface area contributed by atoms with Crippen molar-refractivity contribution in [1.82, 2.24) is 5.32 Å². The van der Waals surface area contributed by atoms with E-state index in [0.29, 0.717) is 6.54 Å². The first-order valence-electron chi connectivity index (χ1n) is 5.87. The van der Waals surface area contributed by atoms with Gasteiger partial charge in [-0.25, -0.2) is 0 Å². The first-order valence-corrected chi connectivity index (χ1v) is 7.13. The Balaban J connectivity index is 1.90. The van der Waals surface area contributed by atoms with Crippen molar-refractivity contribution in [3.05, 3.63) is 57.2 Å². The van der Waals surface area contributed by atoms with Gasteiger partial charge in [0.05, 0.1) is 0 Å². The molecular weight excluding hydrogens is 266 g/mol. The summed E-state index contributed by atoms with van der Waals surface area (Å²) in [4.78, 5) is 0.987. The van der Waals surface area contributed by atoms with E-state index < -0.39 is 6.10 Å². The minimum absolute atomic E-state index is 0.165. The van der Waals surface area contributed by atoms with Gasteiger partial charge in [0.25, 0.3) is 0 Å². The first-order chi connectivity index (χ1) is 8.66. The molecule has 0 aliphatic heterocycles. The van der Waals surface area contributed by atoms with Gasteiger partial charge in [0.15, 0.2) is 0 Å². The van der Waals surface area contributed by atoms with Crippen LogP contribution in [0.5, 0.6) is 0 Å². The van der Waals surface area contributed by atoms with Gasteiger partial charge in [-0.1, -0.05) is 29.8 Å². The zero-order valence-corrected chi connectivity index (χ0v) is 11.7. The molecule has 0 aliphatic rings. The number of hydrogen-bond acceptors (Lipinski definition) is 3. The Morgan fingerprint density at radius 1 is 1.33 bits per heavy atom. The lowest BCUT2D eigenvalue weighted by molar-refractivity contribution is 0.174. The molecule has 2 aromatic rings. The van der Waals surface area contributed by atoms with Crippen molar-refractivity contribution in [2.45, 2.75) is 19.1 Å². The van der Waals surface area contributed by atoms with Gasteiger partial charge in [-0.3, -0.25) is 0 Å². The van der Waals surface area contributed by atoms with Crippen LogP contribution in [0, 0.1) is 0 Å². The van der Waals surface area contributed by atoms with Crippen LogP contribution in [0.1, 0.15) is 29.5 Å². The molecule has 2 N–H and O–H groups in total. The Bertz CT molecular complexity index is 486.